The summed E-state index contributed by atoms with van der Waals surface area (Å²) in [5, 5.41) is 0. The number of benzene rings is 1. The van der Waals surface area contributed by atoms with Crippen LogP contribution in [0.4, 0.5) is 0 Å². The zero-order valence-corrected chi connectivity index (χ0v) is 14.1. The highest BCUT2D eigenvalue weighted by atomic mass is 35.5. The molecule has 1 aromatic carbocycles. The maximum absolute atomic E-state index is 6.17. The van der Waals surface area contributed by atoms with Gasteiger partial charge in [0.25, 0.3) is 0 Å². The van der Waals surface area contributed by atoms with E-state index in [0.717, 1.165) is 31.8 Å². The van der Waals surface area contributed by atoms with Gasteiger partial charge >= 0.3 is 0 Å². The molecule has 21 heavy (non-hydrogen) atoms. The molecular weight excluding hydrogens is 284 g/mol. The molecule has 2 unspecified atom stereocenters. The van der Waals surface area contributed by atoms with E-state index in [4.69, 9.17) is 10.5 Å². The van der Waals surface area contributed by atoms with Gasteiger partial charge in [-0.2, -0.15) is 0 Å². The monoisotopic (exact) mass is 310 g/mol. The minimum atomic E-state index is -0.0607. The average molecular weight is 311 g/mol. The molecule has 0 aliphatic carbocycles. The number of hydrogen-bond acceptors (Lipinski definition) is 3. The van der Waals surface area contributed by atoms with Gasteiger partial charge in [-0.25, -0.2) is 0 Å². The van der Waals surface area contributed by atoms with Crippen LogP contribution in [0.25, 0.3) is 0 Å². The van der Waals surface area contributed by atoms with E-state index >= 15 is 0 Å². The number of para-hydroxylation sites is 1. The molecule has 2 aliphatic heterocycles. The standard InChI is InChI=1S/C17H26N2O.ClH/c1-12-7-13(9-18)10-19(12)11-15-6-4-5-14-8-17(2,3)20-16(14)15;/h4-6,12-13H,7-11,18H2,1-3H3;1H. The maximum atomic E-state index is 6.17. The lowest BCUT2D eigenvalue weighted by molar-refractivity contribution is 0.135. The van der Waals surface area contributed by atoms with Crippen LogP contribution in [0.15, 0.2) is 18.2 Å². The first-order chi connectivity index (χ1) is 9.48. The molecule has 0 radical (unpaired) electrons. The Morgan fingerprint density at radius 1 is 1.38 bits per heavy atom. The molecule has 1 fully saturated rings. The Labute approximate surface area is 134 Å². The van der Waals surface area contributed by atoms with Crippen molar-refractivity contribution < 1.29 is 4.74 Å². The molecule has 118 valence electrons. The highest BCUT2D eigenvalue weighted by molar-refractivity contribution is 5.85. The van der Waals surface area contributed by atoms with Crippen LogP contribution in [0, 0.1) is 5.92 Å². The third-order valence-corrected chi connectivity index (χ3v) is 4.67. The minimum absolute atomic E-state index is 0. The number of hydrogen-bond donors (Lipinski definition) is 1. The predicted molar refractivity (Wildman–Crippen MR) is 89.1 cm³/mol. The molecule has 1 aromatic rings. The predicted octanol–water partition coefficient (Wildman–Crippen LogP) is 2.99. The average Bonchev–Trinajstić information content (AvgIpc) is 2.89. The van der Waals surface area contributed by atoms with Crippen molar-refractivity contribution in [1.29, 1.82) is 0 Å². The molecule has 1 saturated heterocycles. The van der Waals surface area contributed by atoms with Crippen LogP contribution in [-0.2, 0) is 13.0 Å². The van der Waals surface area contributed by atoms with Crippen LogP contribution in [0.3, 0.4) is 0 Å². The molecule has 2 atom stereocenters. The van der Waals surface area contributed by atoms with Gasteiger partial charge in [0, 0.05) is 31.1 Å². The van der Waals surface area contributed by atoms with Crippen LogP contribution in [-0.4, -0.2) is 29.6 Å². The molecule has 0 saturated carbocycles. The van der Waals surface area contributed by atoms with E-state index in [2.05, 4.69) is 43.9 Å². The number of halogens is 1. The van der Waals surface area contributed by atoms with Crippen molar-refractivity contribution in [2.75, 3.05) is 13.1 Å². The second-order valence-corrected chi connectivity index (χ2v) is 7.06. The second kappa shape index (κ2) is 6.15. The Kier molecular flexibility index (Phi) is 4.86. The van der Waals surface area contributed by atoms with Gasteiger partial charge in [-0.05, 0) is 45.2 Å². The summed E-state index contributed by atoms with van der Waals surface area (Å²) in [6.07, 6.45) is 2.23. The Hall–Kier alpha value is -0.770. The van der Waals surface area contributed by atoms with E-state index in [1.165, 1.54) is 17.5 Å². The first-order valence-electron chi connectivity index (χ1n) is 7.72. The van der Waals surface area contributed by atoms with Crippen molar-refractivity contribution in [1.82, 2.24) is 4.90 Å². The van der Waals surface area contributed by atoms with Gasteiger partial charge in [-0.15, -0.1) is 12.4 Å². The lowest BCUT2D eigenvalue weighted by Crippen LogP contribution is -2.28. The molecule has 0 amide bonds. The first kappa shape index (κ1) is 16.6. The molecule has 3 nitrogen and oxygen atoms in total. The second-order valence-electron chi connectivity index (χ2n) is 7.06. The van der Waals surface area contributed by atoms with Gasteiger partial charge in [0.05, 0.1) is 0 Å². The van der Waals surface area contributed by atoms with Gasteiger partial charge in [0.15, 0.2) is 0 Å². The zero-order chi connectivity index (χ0) is 14.3. The minimum Gasteiger partial charge on any atom is -0.487 e. The zero-order valence-electron chi connectivity index (χ0n) is 13.3. The topological polar surface area (TPSA) is 38.5 Å². The van der Waals surface area contributed by atoms with Crippen LogP contribution < -0.4 is 10.5 Å². The van der Waals surface area contributed by atoms with Crippen molar-refractivity contribution in [3.8, 4) is 5.75 Å². The van der Waals surface area contributed by atoms with Crippen LogP contribution in [0.1, 0.15) is 38.3 Å². The summed E-state index contributed by atoms with van der Waals surface area (Å²) in [4.78, 5) is 2.54. The third-order valence-electron chi connectivity index (χ3n) is 4.67. The molecule has 4 heteroatoms. The fourth-order valence-corrected chi connectivity index (χ4v) is 3.63. The van der Waals surface area contributed by atoms with Gasteiger partial charge in [0.2, 0.25) is 0 Å². The number of nitrogens with two attached hydrogens (primary N) is 1. The van der Waals surface area contributed by atoms with Gasteiger partial charge < -0.3 is 10.5 Å². The summed E-state index contributed by atoms with van der Waals surface area (Å²) in [5.41, 5.74) is 8.45. The molecule has 2 N–H and O–H groups in total. The number of ether oxygens (including phenoxy) is 1. The smallest absolute Gasteiger partial charge is 0.127 e. The van der Waals surface area contributed by atoms with Crippen molar-refractivity contribution in [3.05, 3.63) is 29.3 Å². The third kappa shape index (κ3) is 3.36. The molecule has 0 aromatic heterocycles. The fraction of sp³-hybridized carbons (Fsp3) is 0.647. The highest BCUT2D eigenvalue weighted by Gasteiger charge is 2.33. The van der Waals surface area contributed by atoms with Crippen LogP contribution in [0.5, 0.6) is 5.75 Å². The van der Waals surface area contributed by atoms with Crippen LogP contribution >= 0.6 is 12.4 Å². The van der Waals surface area contributed by atoms with E-state index in [-0.39, 0.29) is 18.0 Å². The van der Waals surface area contributed by atoms with Crippen molar-refractivity contribution in [2.24, 2.45) is 11.7 Å². The maximum Gasteiger partial charge on any atom is 0.127 e. The molecule has 0 spiro atoms. The normalized spacial score (nSPS) is 27.0. The number of rotatable bonds is 3. The van der Waals surface area contributed by atoms with Crippen molar-refractivity contribution in [2.45, 2.75) is 51.8 Å². The molecular formula is C17H27ClN2O. The Bertz CT molecular complexity index is 504. The largest absolute Gasteiger partial charge is 0.487 e. The van der Waals surface area contributed by atoms with E-state index in [9.17, 15) is 0 Å². The Balaban J connectivity index is 0.00000161. The van der Waals surface area contributed by atoms with E-state index in [1.54, 1.807) is 0 Å². The number of fused-ring (bicyclic) bond motifs is 1. The Morgan fingerprint density at radius 3 is 2.81 bits per heavy atom. The summed E-state index contributed by atoms with van der Waals surface area (Å²) in [6, 6.07) is 7.20. The van der Waals surface area contributed by atoms with Gasteiger partial charge in [0.1, 0.15) is 11.4 Å². The van der Waals surface area contributed by atoms with E-state index < -0.39 is 0 Å². The quantitative estimate of drug-likeness (QED) is 0.933. The SMILES string of the molecule is CC1CC(CN)CN1Cc1cccc2c1OC(C)(C)C2.Cl. The first-order valence-corrected chi connectivity index (χ1v) is 7.72. The molecule has 0 bridgehead atoms. The van der Waals surface area contributed by atoms with Gasteiger partial charge in [-0.1, -0.05) is 18.2 Å². The number of likely N-dealkylation sites (tertiary alicyclic amines) is 1. The summed E-state index contributed by atoms with van der Waals surface area (Å²) in [6.45, 7) is 9.54. The summed E-state index contributed by atoms with van der Waals surface area (Å²) in [5.74, 6) is 1.78. The highest BCUT2D eigenvalue weighted by Crippen LogP contribution is 2.38. The summed E-state index contributed by atoms with van der Waals surface area (Å²) < 4.78 is 6.17. The van der Waals surface area contributed by atoms with Crippen LogP contribution in [0.2, 0.25) is 0 Å². The lowest BCUT2D eigenvalue weighted by Gasteiger charge is -2.23. The summed E-state index contributed by atoms with van der Waals surface area (Å²) in [7, 11) is 0. The Morgan fingerprint density at radius 2 is 2.14 bits per heavy atom. The van der Waals surface area contributed by atoms with Crippen molar-refractivity contribution in [3.63, 3.8) is 0 Å². The fourth-order valence-electron chi connectivity index (χ4n) is 3.63. The molecule has 2 aliphatic rings. The number of nitrogens with zero attached hydrogens (tertiary/aromatic N) is 1. The van der Waals surface area contributed by atoms with Crippen molar-refractivity contribution >= 4 is 12.4 Å². The lowest BCUT2D eigenvalue weighted by atomic mass is 10.0. The van der Waals surface area contributed by atoms with Gasteiger partial charge in [-0.3, -0.25) is 4.90 Å². The van der Waals surface area contributed by atoms with E-state index in [0.29, 0.717) is 12.0 Å². The molecule has 3 rings (SSSR count). The van der Waals surface area contributed by atoms with E-state index in [1.807, 2.05) is 0 Å². The molecule has 2 heterocycles. The summed E-state index contributed by atoms with van der Waals surface area (Å²) >= 11 is 0.